The van der Waals surface area contributed by atoms with E-state index >= 15 is 0 Å². The average molecular weight is 369 g/mol. The molecule has 8 heteroatoms. The van der Waals surface area contributed by atoms with Crippen LogP contribution in [0.15, 0.2) is 42.5 Å². The van der Waals surface area contributed by atoms with Crippen molar-refractivity contribution in [3.63, 3.8) is 0 Å². The minimum absolute atomic E-state index is 0.169. The van der Waals surface area contributed by atoms with Crippen molar-refractivity contribution in [1.82, 2.24) is 0 Å². The molecule has 0 bridgehead atoms. The standard InChI is InChI=1S/C19H19N3O5/c1-13(23)15-4-2-3-5-17(15)20-19(24)16-12-14(22(25)26)6-7-18(16)21-8-10-27-11-9-21/h2-7,12H,8-11H2,1H3,(H,20,24). The van der Waals surface area contributed by atoms with Gasteiger partial charge >= 0.3 is 0 Å². The maximum absolute atomic E-state index is 12.9. The molecule has 1 aliphatic heterocycles. The third kappa shape index (κ3) is 4.12. The maximum atomic E-state index is 12.9. The Labute approximate surface area is 155 Å². The van der Waals surface area contributed by atoms with E-state index in [1.54, 1.807) is 30.3 Å². The number of benzene rings is 2. The molecule has 140 valence electrons. The van der Waals surface area contributed by atoms with Crippen molar-refractivity contribution in [3.8, 4) is 0 Å². The topological polar surface area (TPSA) is 102 Å². The van der Waals surface area contributed by atoms with Gasteiger partial charge in [-0.15, -0.1) is 0 Å². The molecule has 0 saturated carbocycles. The van der Waals surface area contributed by atoms with Crippen molar-refractivity contribution >= 4 is 28.8 Å². The van der Waals surface area contributed by atoms with Gasteiger partial charge in [0.05, 0.1) is 35.1 Å². The van der Waals surface area contributed by atoms with Crippen LogP contribution in [0.2, 0.25) is 0 Å². The number of nitro benzene ring substituents is 1. The second-order valence-electron chi connectivity index (χ2n) is 6.11. The number of hydrogen-bond donors (Lipinski definition) is 1. The quantitative estimate of drug-likeness (QED) is 0.494. The van der Waals surface area contributed by atoms with Crippen LogP contribution < -0.4 is 10.2 Å². The lowest BCUT2D eigenvalue weighted by Crippen LogP contribution is -2.37. The molecule has 1 N–H and O–H groups in total. The first kappa shape index (κ1) is 18.5. The lowest BCUT2D eigenvalue weighted by molar-refractivity contribution is -0.384. The predicted octanol–water partition coefficient (Wildman–Crippen LogP) is 2.89. The van der Waals surface area contributed by atoms with E-state index in [9.17, 15) is 19.7 Å². The Hall–Kier alpha value is -3.26. The highest BCUT2D eigenvalue weighted by Crippen LogP contribution is 2.28. The number of hydrogen-bond acceptors (Lipinski definition) is 6. The number of carbonyl (C=O) groups is 2. The molecule has 0 atom stereocenters. The monoisotopic (exact) mass is 369 g/mol. The Bertz CT molecular complexity index is 891. The van der Waals surface area contributed by atoms with Gasteiger partial charge in [-0.1, -0.05) is 12.1 Å². The summed E-state index contributed by atoms with van der Waals surface area (Å²) < 4.78 is 5.33. The van der Waals surface area contributed by atoms with Gasteiger partial charge in [-0.05, 0) is 25.1 Å². The first-order valence-electron chi connectivity index (χ1n) is 8.50. The normalized spacial score (nSPS) is 13.9. The molecule has 27 heavy (non-hydrogen) atoms. The molecule has 3 rings (SSSR count). The fourth-order valence-electron chi connectivity index (χ4n) is 2.99. The van der Waals surface area contributed by atoms with Gasteiger partial charge in [0.15, 0.2) is 5.78 Å². The molecule has 1 heterocycles. The molecular weight excluding hydrogens is 350 g/mol. The molecular formula is C19H19N3O5. The number of ether oxygens (including phenoxy) is 1. The largest absolute Gasteiger partial charge is 0.378 e. The number of para-hydroxylation sites is 1. The summed E-state index contributed by atoms with van der Waals surface area (Å²) in [5.74, 6) is -0.688. The van der Waals surface area contributed by atoms with Gasteiger partial charge in [-0.2, -0.15) is 0 Å². The van der Waals surface area contributed by atoms with Crippen LogP contribution in [0.5, 0.6) is 0 Å². The van der Waals surface area contributed by atoms with E-state index in [4.69, 9.17) is 4.74 Å². The van der Waals surface area contributed by atoms with Gasteiger partial charge in [-0.25, -0.2) is 0 Å². The summed E-state index contributed by atoms with van der Waals surface area (Å²) in [7, 11) is 0. The van der Waals surface area contributed by atoms with Crippen LogP contribution in [-0.2, 0) is 4.74 Å². The molecule has 8 nitrogen and oxygen atoms in total. The fourth-order valence-corrected chi connectivity index (χ4v) is 2.99. The third-order valence-electron chi connectivity index (χ3n) is 4.34. The van der Waals surface area contributed by atoms with Crippen LogP contribution in [-0.4, -0.2) is 42.9 Å². The second-order valence-corrected chi connectivity index (χ2v) is 6.11. The molecule has 2 aromatic rings. The van der Waals surface area contributed by atoms with E-state index in [-0.39, 0.29) is 17.0 Å². The number of nitrogens with zero attached hydrogens (tertiary/aromatic N) is 2. The summed E-state index contributed by atoms with van der Waals surface area (Å²) in [6.07, 6.45) is 0. The Kier molecular flexibility index (Phi) is 5.46. The molecule has 1 amide bonds. The van der Waals surface area contributed by atoms with E-state index in [0.717, 1.165) is 0 Å². The summed E-state index contributed by atoms with van der Waals surface area (Å²) in [4.78, 5) is 37.3. The minimum Gasteiger partial charge on any atom is -0.378 e. The predicted molar refractivity (Wildman–Crippen MR) is 101 cm³/mol. The average Bonchev–Trinajstić information content (AvgIpc) is 2.68. The molecule has 0 spiro atoms. The number of nitrogens with one attached hydrogen (secondary N) is 1. The lowest BCUT2D eigenvalue weighted by Gasteiger charge is -2.30. The SMILES string of the molecule is CC(=O)c1ccccc1NC(=O)c1cc([N+](=O)[O-])ccc1N1CCOCC1. The molecule has 1 saturated heterocycles. The molecule has 0 aliphatic carbocycles. The smallest absolute Gasteiger partial charge is 0.270 e. The van der Waals surface area contributed by atoms with Gasteiger partial charge < -0.3 is 15.0 Å². The molecule has 0 radical (unpaired) electrons. The third-order valence-corrected chi connectivity index (χ3v) is 4.34. The van der Waals surface area contributed by atoms with Crippen molar-refractivity contribution in [3.05, 3.63) is 63.7 Å². The number of morpholine rings is 1. The van der Waals surface area contributed by atoms with E-state index in [2.05, 4.69) is 5.32 Å². The Balaban J connectivity index is 1.98. The Morgan fingerprint density at radius 1 is 1.11 bits per heavy atom. The fraction of sp³-hybridized carbons (Fsp3) is 0.263. The van der Waals surface area contributed by atoms with Crippen molar-refractivity contribution in [1.29, 1.82) is 0 Å². The minimum atomic E-state index is -0.538. The highest BCUT2D eigenvalue weighted by Gasteiger charge is 2.23. The number of amides is 1. The summed E-state index contributed by atoms with van der Waals surface area (Å²) in [6, 6.07) is 10.9. The van der Waals surface area contributed by atoms with Crippen molar-refractivity contribution < 1.29 is 19.2 Å². The second kappa shape index (κ2) is 7.96. The van der Waals surface area contributed by atoms with Crippen molar-refractivity contribution in [2.45, 2.75) is 6.92 Å². The van der Waals surface area contributed by atoms with Gasteiger partial charge in [0, 0.05) is 30.8 Å². The van der Waals surface area contributed by atoms with Crippen LogP contribution in [0.1, 0.15) is 27.6 Å². The first-order valence-corrected chi connectivity index (χ1v) is 8.50. The molecule has 0 aromatic heterocycles. The van der Waals surface area contributed by atoms with Gasteiger partial charge in [0.2, 0.25) is 0 Å². The molecule has 1 fully saturated rings. The number of Topliss-reactive ketones (excluding diaryl/α,β-unsaturated/α-hetero) is 1. The highest BCUT2D eigenvalue weighted by atomic mass is 16.6. The zero-order valence-electron chi connectivity index (χ0n) is 14.8. The van der Waals surface area contributed by atoms with E-state index in [0.29, 0.717) is 43.2 Å². The number of nitro groups is 1. The number of anilines is 2. The van der Waals surface area contributed by atoms with Gasteiger partial charge in [0.25, 0.3) is 11.6 Å². The van der Waals surface area contributed by atoms with Crippen molar-refractivity contribution in [2.75, 3.05) is 36.5 Å². The van der Waals surface area contributed by atoms with E-state index < -0.39 is 10.8 Å². The lowest BCUT2D eigenvalue weighted by atomic mass is 10.1. The summed E-state index contributed by atoms with van der Waals surface area (Å²) in [5.41, 5.74) is 1.36. The van der Waals surface area contributed by atoms with Crippen LogP contribution in [0.4, 0.5) is 17.1 Å². The number of carbonyl (C=O) groups excluding carboxylic acids is 2. The Morgan fingerprint density at radius 2 is 1.81 bits per heavy atom. The van der Waals surface area contributed by atoms with Crippen molar-refractivity contribution in [2.24, 2.45) is 0 Å². The first-order chi connectivity index (χ1) is 13.0. The van der Waals surface area contributed by atoms with E-state index in [1.807, 2.05) is 4.90 Å². The van der Waals surface area contributed by atoms with Crippen LogP contribution >= 0.6 is 0 Å². The highest BCUT2D eigenvalue weighted by molar-refractivity contribution is 6.11. The van der Waals surface area contributed by atoms with E-state index in [1.165, 1.54) is 19.1 Å². The zero-order chi connectivity index (χ0) is 19.4. The zero-order valence-corrected chi connectivity index (χ0v) is 14.8. The Morgan fingerprint density at radius 3 is 2.48 bits per heavy atom. The molecule has 1 aliphatic rings. The maximum Gasteiger partial charge on any atom is 0.270 e. The van der Waals surface area contributed by atoms with Gasteiger partial charge in [0.1, 0.15) is 0 Å². The number of ketones is 1. The summed E-state index contributed by atoms with van der Waals surface area (Å²) >= 11 is 0. The van der Waals surface area contributed by atoms with Crippen LogP contribution in [0, 0.1) is 10.1 Å². The summed E-state index contributed by atoms with van der Waals surface area (Å²) in [5, 5.41) is 13.9. The summed E-state index contributed by atoms with van der Waals surface area (Å²) in [6.45, 7) is 3.62. The van der Waals surface area contributed by atoms with Crippen LogP contribution in [0.3, 0.4) is 0 Å². The molecule has 0 unspecified atom stereocenters. The van der Waals surface area contributed by atoms with Gasteiger partial charge in [-0.3, -0.25) is 19.7 Å². The molecule has 2 aromatic carbocycles. The number of rotatable bonds is 5. The number of non-ortho nitro benzene ring substituents is 1. The van der Waals surface area contributed by atoms with Crippen LogP contribution in [0.25, 0.3) is 0 Å².